The number of amides is 1. The lowest BCUT2D eigenvalue weighted by atomic mass is 10.1. The Morgan fingerprint density at radius 2 is 2.13 bits per heavy atom. The van der Waals surface area contributed by atoms with Crippen molar-refractivity contribution in [3.8, 4) is 0 Å². The van der Waals surface area contributed by atoms with E-state index in [4.69, 9.17) is 9.47 Å². The van der Waals surface area contributed by atoms with Crippen molar-refractivity contribution in [1.29, 1.82) is 0 Å². The molecular weight excluding hydrogens is 509 g/mol. The molecule has 0 aliphatic carbocycles. The molecule has 9 heteroatoms. The van der Waals surface area contributed by atoms with E-state index in [9.17, 15) is 4.79 Å². The highest BCUT2D eigenvalue weighted by Gasteiger charge is 2.23. The fraction of sp³-hybridized carbons (Fsp3) is 0.682. The number of guanidine groups is 1. The molecular formula is C22H36IN5O3. The number of pyridine rings is 1. The van der Waals surface area contributed by atoms with Gasteiger partial charge in [-0.05, 0) is 51.2 Å². The van der Waals surface area contributed by atoms with Gasteiger partial charge in [0.1, 0.15) is 0 Å². The number of halogens is 1. The van der Waals surface area contributed by atoms with Crippen LogP contribution in [-0.4, -0.2) is 79.9 Å². The fourth-order valence-corrected chi connectivity index (χ4v) is 3.77. The van der Waals surface area contributed by atoms with Gasteiger partial charge in [-0.3, -0.25) is 14.8 Å². The number of ether oxygens (including phenoxy) is 2. The van der Waals surface area contributed by atoms with Crippen molar-refractivity contribution >= 4 is 35.8 Å². The van der Waals surface area contributed by atoms with Crippen LogP contribution in [0.3, 0.4) is 0 Å². The van der Waals surface area contributed by atoms with Crippen molar-refractivity contribution in [1.82, 2.24) is 20.5 Å². The molecule has 3 heterocycles. The lowest BCUT2D eigenvalue weighted by Gasteiger charge is -2.35. The van der Waals surface area contributed by atoms with Crippen LogP contribution >= 0.6 is 24.0 Å². The van der Waals surface area contributed by atoms with E-state index in [2.05, 4.69) is 32.4 Å². The predicted octanol–water partition coefficient (Wildman–Crippen LogP) is 2.45. The molecule has 2 aliphatic heterocycles. The van der Waals surface area contributed by atoms with E-state index < -0.39 is 0 Å². The minimum absolute atomic E-state index is 0. The summed E-state index contributed by atoms with van der Waals surface area (Å²) in [5.41, 5.74) is 0.564. The quantitative estimate of drug-likeness (QED) is 0.226. The summed E-state index contributed by atoms with van der Waals surface area (Å²) >= 11 is 0. The molecule has 8 nitrogen and oxygen atoms in total. The first-order valence-electron chi connectivity index (χ1n) is 11.2. The molecule has 2 saturated heterocycles. The second-order valence-corrected chi connectivity index (χ2v) is 7.74. The highest BCUT2D eigenvalue weighted by Crippen LogP contribution is 2.18. The van der Waals surface area contributed by atoms with Gasteiger partial charge < -0.3 is 25.0 Å². The zero-order chi connectivity index (χ0) is 21.0. The van der Waals surface area contributed by atoms with E-state index in [0.717, 1.165) is 58.1 Å². The van der Waals surface area contributed by atoms with E-state index in [-0.39, 0.29) is 36.0 Å². The van der Waals surface area contributed by atoms with Gasteiger partial charge in [-0.2, -0.15) is 0 Å². The molecule has 0 saturated carbocycles. The third kappa shape index (κ3) is 8.89. The van der Waals surface area contributed by atoms with Crippen molar-refractivity contribution in [3.05, 3.63) is 30.1 Å². The third-order valence-corrected chi connectivity index (χ3v) is 5.45. The molecule has 2 fully saturated rings. The molecule has 1 aromatic rings. The highest BCUT2D eigenvalue weighted by molar-refractivity contribution is 14.0. The van der Waals surface area contributed by atoms with Gasteiger partial charge >= 0.3 is 0 Å². The molecule has 31 heavy (non-hydrogen) atoms. The van der Waals surface area contributed by atoms with Crippen molar-refractivity contribution in [3.63, 3.8) is 0 Å². The van der Waals surface area contributed by atoms with E-state index in [1.54, 1.807) is 24.5 Å². The van der Waals surface area contributed by atoms with E-state index in [0.29, 0.717) is 24.8 Å². The molecule has 2 aliphatic rings. The maximum absolute atomic E-state index is 12.1. The van der Waals surface area contributed by atoms with Crippen molar-refractivity contribution in [2.75, 3.05) is 45.9 Å². The van der Waals surface area contributed by atoms with Gasteiger partial charge in [0.2, 0.25) is 0 Å². The van der Waals surface area contributed by atoms with Gasteiger partial charge in [0.25, 0.3) is 5.91 Å². The van der Waals surface area contributed by atoms with Crippen LogP contribution in [0.1, 0.15) is 49.4 Å². The van der Waals surface area contributed by atoms with Crippen molar-refractivity contribution < 1.29 is 14.3 Å². The number of nitrogens with zero attached hydrogens (tertiary/aromatic N) is 3. The molecule has 1 atom stereocenters. The molecule has 2 N–H and O–H groups in total. The number of carbonyl (C=O) groups excluding carboxylic acids is 1. The normalized spacial score (nSPS) is 20.1. The topological polar surface area (TPSA) is 88.1 Å². The lowest BCUT2D eigenvalue weighted by molar-refractivity contribution is -0.0721. The molecule has 1 amide bonds. The largest absolute Gasteiger partial charge is 0.376 e. The summed E-state index contributed by atoms with van der Waals surface area (Å²) in [6.07, 6.45) is 9.33. The summed E-state index contributed by atoms with van der Waals surface area (Å²) in [4.78, 5) is 23.0. The van der Waals surface area contributed by atoms with Crippen LogP contribution in [-0.2, 0) is 9.47 Å². The van der Waals surface area contributed by atoms with Crippen LogP contribution < -0.4 is 10.6 Å². The standard InChI is InChI=1S/C22H35N5O3.HI/c1-2-24-22(26-12-11-25-21(28)18-6-5-10-23-16-18)27-13-8-19(9-14-27)30-17-20-7-3-4-15-29-20;/h5-6,10,16,19-20H,2-4,7-9,11-15,17H2,1H3,(H,24,26)(H,25,28);1H. The Morgan fingerprint density at radius 3 is 2.81 bits per heavy atom. The Bertz CT molecular complexity index is 662. The molecule has 0 bridgehead atoms. The summed E-state index contributed by atoms with van der Waals surface area (Å²) in [5.74, 6) is 0.783. The maximum Gasteiger partial charge on any atom is 0.252 e. The minimum Gasteiger partial charge on any atom is -0.376 e. The Labute approximate surface area is 202 Å². The van der Waals surface area contributed by atoms with Gasteiger partial charge in [0, 0.05) is 45.2 Å². The van der Waals surface area contributed by atoms with Crippen LogP contribution in [0.4, 0.5) is 0 Å². The first-order valence-corrected chi connectivity index (χ1v) is 11.2. The summed E-state index contributed by atoms with van der Waals surface area (Å²) in [5, 5.41) is 6.25. The highest BCUT2D eigenvalue weighted by atomic mass is 127. The number of aromatic nitrogens is 1. The Hall–Kier alpha value is -1.46. The second kappa shape index (κ2) is 14.6. The lowest BCUT2D eigenvalue weighted by Crippen LogP contribution is -2.47. The number of hydrogen-bond donors (Lipinski definition) is 2. The monoisotopic (exact) mass is 545 g/mol. The Balaban J connectivity index is 0.00000341. The number of nitrogens with one attached hydrogen (secondary N) is 2. The smallest absolute Gasteiger partial charge is 0.252 e. The van der Waals surface area contributed by atoms with Crippen molar-refractivity contribution in [2.24, 2.45) is 4.99 Å². The second-order valence-electron chi connectivity index (χ2n) is 7.74. The van der Waals surface area contributed by atoms with Crippen LogP contribution in [0.2, 0.25) is 0 Å². The molecule has 1 unspecified atom stereocenters. The van der Waals surface area contributed by atoms with E-state index in [1.165, 1.54) is 12.8 Å². The van der Waals surface area contributed by atoms with Gasteiger partial charge in [-0.25, -0.2) is 0 Å². The third-order valence-electron chi connectivity index (χ3n) is 5.45. The molecule has 1 aromatic heterocycles. The minimum atomic E-state index is -0.122. The summed E-state index contributed by atoms with van der Waals surface area (Å²) in [6, 6.07) is 3.51. The van der Waals surface area contributed by atoms with Crippen LogP contribution in [0.5, 0.6) is 0 Å². The number of likely N-dealkylation sites (tertiary alicyclic amines) is 1. The predicted molar refractivity (Wildman–Crippen MR) is 132 cm³/mol. The number of aliphatic imine (C=N–C) groups is 1. The average molecular weight is 545 g/mol. The first kappa shape index (κ1) is 25.8. The van der Waals surface area contributed by atoms with Crippen LogP contribution in [0.25, 0.3) is 0 Å². The van der Waals surface area contributed by atoms with Crippen LogP contribution in [0.15, 0.2) is 29.5 Å². The Kier molecular flexibility index (Phi) is 12.1. The molecule has 0 aromatic carbocycles. The van der Waals surface area contributed by atoms with E-state index in [1.807, 2.05) is 0 Å². The number of piperidine rings is 1. The van der Waals surface area contributed by atoms with Gasteiger partial charge in [0.05, 0.1) is 30.9 Å². The summed E-state index contributed by atoms with van der Waals surface area (Å²) < 4.78 is 11.9. The van der Waals surface area contributed by atoms with Gasteiger partial charge in [-0.1, -0.05) is 0 Å². The molecule has 3 rings (SSSR count). The average Bonchev–Trinajstić information content (AvgIpc) is 2.81. The van der Waals surface area contributed by atoms with E-state index >= 15 is 0 Å². The van der Waals surface area contributed by atoms with Gasteiger partial charge in [0.15, 0.2) is 5.96 Å². The summed E-state index contributed by atoms with van der Waals surface area (Å²) in [7, 11) is 0. The first-order chi connectivity index (χ1) is 14.8. The number of rotatable bonds is 8. The van der Waals surface area contributed by atoms with Crippen LogP contribution in [0, 0.1) is 0 Å². The number of carbonyl (C=O) groups is 1. The fourth-order valence-electron chi connectivity index (χ4n) is 3.77. The zero-order valence-electron chi connectivity index (χ0n) is 18.4. The number of hydrogen-bond acceptors (Lipinski definition) is 5. The molecule has 174 valence electrons. The molecule has 0 radical (unpaired) electrons. The summed E-state index contributed by atoms with van der Waals surface area (Å²) in [6.45, 7) is 7.34. The maximum atomic E-state index is 12.1. The SMILES string of the molecule is CCNC(=NCCNC(=O)c1cccnc1)N1CCC(OCC2CCCCO2)CC1.I. The molecule has 0 spiro atoms. The van der Waals surface area contributed by atoms with Gasteiger partial charge in [-0.15, -0.1) is 24.0 Å². The Morgan fingerprint density at radius 1 is 1.29 bits per heavy atom. The van der Waals surface area contributed by atoms with Crippen molar-refractivity contribution in [2.45, 2.75) is 51.2 Å². The zero-order valence-corrected chi connectivity index (χ0v) is 20.8.